The Labute approximate surface area is 103 Å². The summed E-state index contributed by atoms with van der Waals surface area (Å²) in [4.78, 5) is 1.38. The Morgan fingerprint density at radius 3 is 2.79 bits per heavy atom. The van der Waals surface area contributed by atoms with Crippen molar-refractivity contribution >= 4 is 38.9 Å². The maximum Gasteiger partial charge on any atom is 0.0701 e. The number of thiophene rings is 1. The van der Waals surface area contributed by atoms with Gasteiger partial charge in [-0.2, -0.15) is 0 Å². The van der Waals surface area contributed by atoms with Crippen LogP contribution in [0.4, 0.5) is 0 Å². The van der Waals surface area contributed by atoms with Crippen LogP contribution < -0.4 is 5.32 Å². The van der Waals surface area contributed by atoms with Crippen molar-refractivity contribution in [3.8, 4) is 0 Å². The summed E-state index contributed by atoms with van der Waals surface area (Å²) in [5.41, 5.74) is 0. The summed E-state index contributed by atoms with van der Waals surface area (Å²) >= 11 is 10.8. The van der Waals surface area contributed by atoms with Crippen molar-refractivity contribution < 1.29 is 0 Å². The smallest absolute Gasteiger partial charge is 0.0701 e. The van der Waals surface area contributed by atoms with Gasteiger partial charge in [-0.1, -0.05) is 6.42 Å². The first-order valence-electron chi connectivity index (χ1n) is 4.84. The monoisotopic (exact) mass is 295 g/mol. The van der Waals surface area contributed by atoms with E-state index < -0.39 is 0 Å². The third-order valence-corrected chi connectivity index (χ3v) is 3.81. The molecule has 0 aliphatic heterocycles. The molecule has 0 saturated heterocycles. The fraction of sp³-hybridized carbons (Fsp3) is 0.600. The van der Waals surface area contributed by atoms with Crippen LogP contribution in [0, 0.1) is 0 Å². The second-order valence-corrected chi connectivity index (χ2v) is 6.06. The highest BCUT2D eigenvalue weighted by atomic mass is 79.9. The molecule has 14 heavy (non-hydrogen) atoms. The second-order valence-electron chi connectivity index (χ2n) is 3.13. The molecule has 0 amide bonds. The zero-order valence-electron chi connectivity index (χ0n) is 8.06. The van der Waals surface area contributed by atoms with Crippen molar-refractivity contribution in [2.45, 2.75) is 25.8 Å². The Morgan fingerprint density at radius 1 is 1.29 bits per heavy atom. The van der Waals surface area contributed by atoms with Crippen molar-refractivity contribution in [3.05, 3.63) is 20.8 Å². The SMILES string of the molecule is ClCCCCCNCc1ccc(Br)s1. The number of hydrogen-bond acceptors (Lipinski definition) is 2. The largest absolute Gasteiger partial charge is 0.312 e. The molecule has 80 valence electrons. The van der Waals surface area contributed by atoms with Crippen molar-refractivity contribution in [3.63, 3.8) is 0 Å². The number of alkyl halides is 1. The van der Waals surface area contributed by atoms with Gasteiger partial charge in [-0.05, 0) is 47.4 Å². The molecule has 0 radical (unpaired) electrons. The van der Waals surface area contributed by atoms with Crippen LogP contribution in [0.3, 0.4) is 0 Å². The standard InChI is InChI=1S/C10H15BrClNS/c11-10-5-4-9(14-10)8-13-7-3-1-2-6-12/h4-5,13H,1-3,6-8H2. The van der Waals surface area contributed by atoms with E-state index in [1.54, 1.807) is 11.3 Å². The van der Waals surface area contributed by atoms with Crippen LogP contribution in [0.5, 0.6) is 0 Å². The molecule has 1 N–H and O–H groups in total. The Bertz CT molecular complexity index is 252. The maximum atomic E-state index is 5.59. The lowest BCUT2D eigenvalue weighted by Gasteiger charge is -2.01. The summed E-state index contributed by atoms with van der Waals surface area (Å²) in [6.07, 6.45) is 3.58. The van der Waals surface area contributed by atoms with E-state index in [2.05, 4.69) is 33.4 Å². The van der Waals surface area contributed by atoms with E-state index >= 15 is 0 Å². The minimum absolute atomic E-state index is 0.790. The summed E-state index contributed by atoms with van der Waals surface area (Å²) in [5.74, 6) is 0.790. The molecule has 1 nitrogen and oxygen atoms in total. The van der Waals surface area contributed by atoms with Gasteiger partial charge < -0.3 is 5.32 Å². The highest BCUT2D eigenvalue weighted by Crippen LogP contribution is 2.21. The lowest BCUT2D eigenvalue weighted by Crippen LogP contribution is -2.13. The van der Waals surface area contributed by atoms with Crippen molar-refractivity contribution in [2.24, 2.45) is 0 Å². The van der Waals surface area contributed by atoms with Crippen LogP contribution in [0.25, 0.3) is 0 Å². The van der Waals surface area contributed by atoms with Gasteiger partial charge in [0.1, 0.15) is 0 Å². The van der Waals surface area contributed by atoms with Crippen LogP contribution in [0.2, 0.25) is 0 Å². The summed E-state index contributed by atoms with van der Waals surface area (Å²) in [6.45, 7) is 2.07. The predicted octanol–water partition coefficient (Wildman–Crippen LogP) is 4.01. The summed E-state index contributed by atoms with van der Waals surface area (Å²) < 4.78 is 1.21. The average Bonchev–Trinajstić information content (AvgIpc) is 2.58. The van der Waals surface area contributed by atoms with Crippen molar-refractivity contribution in [1.29, 1.82) is 0 Å². The van der Waals surface area contributed by atoms with Crippen LogP contribution in [0.1, 0.15) is 24.1 Å². The van der Waals surface area contributed by atoms with Gasteiger partial charge in [0, 0.05) is 17.3 Å². The Balaban J connectivity index is 1.99. The van der Waals surface area contributed by atoms with Gasteiger partial charge in [0.2, 0.25) is 0 Å². The molecule has 0 fully saturated rings. The molecule has 0 atom stereocenters. The number of rotatable bonds is 7. The molecule has 0 saturated carbocycles. The lowest BCUT2D eigenvalue weighted by molar-refractivity contribution is 0.621. The number of hydrogen-bond donors (Lipinski definition) is 1. The fourth-order valence-electron chi connectivity index (χ4n) is 1.18. The van der Waals surface area contributed by atoms with Crippen molar-refractivity contribution in [2.75, 3.05) is 12.4 Å². The zero-order chi connectivity index (χ0) is 10.2. The van der Waals surface area contributed by atoms with Gasteiger partial charge >= 0.3 is 0 Å². The first-order valence-corrected chi connectivity index (χ1v) is 6.98. The molecule has 0 unspecified atom stereocenters. The quantitative estimate of drug-likeness (QED) is 0.592. The second kappa shape index (κ2) is 7.69. The molecular formula is C10H15BrClNS. The van der Waals surface area contributed by atoms with Crippen LogP contribution >= 0.6 is 38.9 Å². The summed E-state index contributed by atoms with van der Waals surface area (Å²) in [6, 6.07) is 4.25. The van der Waals surface area contributed by atoms with Gasteiger partial charge in [-0.25, -0.2) is 0 Å². The van der Waals surface area contributed by atoms with E-state index in [0.29, 0.717) is 0 Å². The number of nitrogens with one attached hydrogen (secondary N) is 1. The third kappa shape index (κ3) is 5.35. The van der Waals surface area contributed by atoms with E-state index in [-0.39, 0.29) is 0 Å². The van der Waals surface area contributed by atoms with E-state index in [9.17, 15) is 0 Å². The minimum Gasteiger partial charge on any atom is -0.312 e. The Kier molecular flexibility index (Phi) is 6.86. The fourth-order valence-corrected chi connectivity index (χ4v) is 2.82. The first kappa shape index (κ1) is 12.5. The molecule has 0 aromatic carbocycles. The first-order chi connectivity index (χ1) is 6.83. The van der Waals surface area contributed by atoms with Crippen LogP contribution in [-0.4, -0.2) is 12.4 Å². The predicted molar refractivity (Wildman–Crippen MR) is 68.3 cm³/mol. The molecule has 1 aromatic heterocycles. The minimum atomic E-state index is 0.790. The molecule has 1 aromatic rings. The highest BCUT2D eigenvalue weighted by Gasteiger charge is 1.96. The molecular weight excluding hydrogens is 282 g/mol. The van der Waals surface area contributed by atoms with Crippen molar-refractivity contribution in [1.82, 2.24) is 5.32 Å². The molecule has 1 rings (SSSR count). The average molecular weight is 297 g/mol. The molecule has 1 heterocycles. The topological polar surface area (TPSA) is 12.0 Å². The molecule has 0 aliphatic rings. The van der Waals surface area contributed by atoms with E-state index in [0.717, 1.165) is 25.4 Å². The third-order valence-electron chi connectivity index (χ3n) is 1.92. The summed E-state index contributed by atoms with van der Waals surface area (Å²) in [5, 5.41) is 3.42. The maximum absolute atomic E-state index is 5.59. The lowest BCUT2D eigenvalue weighted by atomic mass is 10.2. The molecule has 0 bridgehead atoms. The number of halogens is 2. The van der Waals surface area contributed by atoms with Gasteiger partial charge in [-0.3, -0.25) is 0 Å². The van der Waals surface area contributed by atoms with Crippen LogP contribution in [0.15, 0.2) is 15.9 Å². The Morgan fingerprint density at radius 2 is 2.14 bits per heavy atom. The highest BCUT2D eigenvalue weighted by molar-refractivity contribution is 9.11. The van der Waals surface area contributed by atoms with E-state index in [1.165, 1.54) is 21.5 Å². The molecule has 0 aliphatic carbocycles. The summed E-state index contributed by atoms with van der Waals surface area (Å²) in [7, 11) is 0. The zero-order valence-corrected chi connectivity index (χ0v) is 11.2. The van der Waals surface area contributed by atoms with Gasteiger partial charge in [-0.15, -0.1) is 22.9 Å². The molecule has 0 spiro atoms. The van der Waals surface area contributed by atoms with E-state index in [4.69, 9.17) is 11.6 Å². The number of unbranched alkanes of at least 4 members (excludes halogenated alkanes) is 2. The van der Waals surface area contributed by atoms with Crippen LogP contribution in [-0.2, 0) is 6.54 Å². The van der Waals surface area contributed by atoms with Gasteiger partial charge in [0.15, 0.2) is 0 Å². The normalized spacial score (nSPS) is 10.7. The van der Waals surface area contributed by atoms with Gasteiger partial charge in [0.05, 0.1) is 3.79 Å². The van der Waals surface area contributed by atoms with E-state index in [1.807, 2.05) is 0 Å². The molecule has 4 heteroatoms. The Hall–Kier alpha value is 0.430. The van der Waals surface area contributed by atoms with Gasteiger partial charge in [0.25, 0.3) is 0 Å².